The molecule has 0 radical (unpaired) electrons. The Morgan fingerprint density at radius 1 is 1.05 bits per heavy atom. The molecule has 0 saturated carbocycles. The smallest absolute Gasteiger partial charge is 0.302 e. The van der Waals surface area contributed by atoms with Crippen LogP contribution in [0, 0.1) is 0 Å². The van der Waals surface area contributed by atoms with Crippen molar-refractivity contribution >= 4 is 39.4 Å². The number of rotatable bonds is 10. The number of hydrogen-bond acceptors (Lipinski definition) is 6. The zero-order chi connectivity index (χ0) is 14.5. The lowest BCUT2D eigenvalue weighted by atomic mass is 10.4. The molecule has 0 saturated heterocycles. The average Bonchev–Trinajstić information content (AvgIpc) is 2.36. The van der Waals surface area contributed by atoms with Gasteiger partial charge in [0.25, 0.3) is 0 Å². The maximum absolute atomic E-state index is 11.3. The Hall–Kier alpha value is -0.890. The van der Waals surface area contributed by atoms with Gasteiger partial charge in [-0.1, -0.05) is 21.6 Å². The fourth-order valence-electron chi connectivity index (χ4n) is 0.985. The lowest BCUT2D eigenvalue weighted by molar-refractivity contribution is -0.141. The molecule has 19 heavy (non-hydrogen) atoms. The molecule has 110 valence electrons. The number of ether oxygens (including phenoxy) is 1. The first kappa shape index (κ1) is 18.1. The van der Waals surface area contributed by atoms with Gasteiger partial charge in [0.1, 0.15) is 6.61 Å². The summed E-state index contributed by atoms with van der Waals surface area (Å²) < 4.78 is 4.66. The highest BCUT2D eigenvalue weighted by Gasteiger charge is 2.02. The van der Waals surface area contributed by atoms with Gasteiger partial charge in [0, 0.05) is 38.4 Å². The van der Waals surface area contributed by atoms with Crippen LogP contribution in [0.5, 0.6) is 0 Å². The van der Waals surface area contributed by atoms with Gasteiger partial charge in [-0.15, -0.1) is 0 Å². The highest BCUT2D eigenvalue weighted by atomic mass is 33.1. The van der Waals surface area contributed by atoms with E-state index in [1.165, 1.54) is 6.92 Å². The van der Waals surface area contributed by atoms with Gasteiger partial charge in [0.15, 0.2) is 0 Å². The molecule has 0 aromatic heterocycles. The van der Waals surface area contributed by atoms with Crippen molar-refractivity contribution in [3.05, 3.63) is 0 Å². The van der Waals surface area contributed by atoms with Crippen molar-refractivity contribution in [1.82, 2.24) is 10.6 Å². The van der Waals surface area contributed by atoms with Crippen LogP contribution in [-0.2, 0) is 19.1 Å². The molecule has 0 heterocycles. The number of hydrogen-bond donors (Lipinski definition) is 2. The fraction of sp³-hybridized carbons (Fsp3) is 0.727. The summed E-state index contributed by atoms with van der Waals surface area (Å²) in [6.07, 6.45) is 0.691. The van der Waals surface area contributed by atoms with Gasteiger partial charge in [0.05, 0.1) is 6.42 Å². The van der Waals surface area contributed by atoms with Gasteiger partial charge in [-0.05, 0) is 0 Å². The zero-order valence-corrected chi connectivity index (χ0v) is 12.8. The van der Waals surface area contributed by atoms with Crippen molar-refractivity contribution < 1.29 is 19.1 Å². The van der Waals surface area contributed by atoms with Crippen LogP contribution < -0.4 is 10.6 Å². The van der Waals surface area contributed by atoms with E-state index in [0.29, 0.717) is 13.0 Å². The summed E-state index contributed by atoms with van der Waals surface area (Å²) in [5.41, 5.74) is 0. The quantitative estimate of drug-likeness (QED) is 0.349. The standard InChI is InChI=1S/C11H20N2O4S2/c1-9(14)17-6-3-11(16)13-5-8-19-18-7-4-10(15)12-2/h3-8H2,1-2H3,(H,12,15)(H,13,16). The van der Waals surface area contributed by atoms with E-state index in [4.69, 9.17) is 0 Å². The summed E-state index contributed by atoms with van der Waals surface area (Å²) >= 11 is 0. The minimum Gasteiger partial charge on any atom is -0.465 e. The molecule has 0 rings (SSSR count). The van der Waals surface area contributed by atoms with Gasteiger partial charge in [-0.25, -0.2) is 0 Å². The second-order valence-electron chi connectivity index (χ2n) is 3.51. The lowest BCUT2D eigenvalue weighted by Gasteiger charge is -2.05. The zero-order valence-electron chi connectivity index (χ0n) is 11.2. The topological polar surface area (TPSA) is 84.5 Å². The summed E-state index contributed by atoms with van der Waals surface area (Å²) in [6, 6.07) is 0. The van der Waals surface area contributed by atoms with E-state index in [9.17, 15) is 14.4 Å². The fourth-order valence-corrected chi connectivity index (χ4v) is 2.88. The van der Waals surface area contributed by atoms with Crippen molar-refractivity contribution in [3.63, 3.8) is 0 Å². The van der Waals surface area contributed by atoms with E-state index >= 15 is 0 Å². The summed E-state index contributed by atoms with van der Waals surface area (Å²) in [5.74, 6) is 1.06. The van der Waals surface area contributed by atoms with Crippen LogP contribution in [-0.4, -0.2) is 49.5 Å². The molecule has 0 aromatic carbocycles. The molecule has 0 unspecified atom stereocenters. The Labute approximate surface area is 121 Å². The van der Waals surface area contributed by atoms with Crippen molar-refractivity contribution in [3.8, 4) is 0 Å². The van der Waals surface area contributed by atoms with Crippen LogP contribution in [0.2, 0.25) is 0 Å². The van der Waals surface area contributed by atoms with Gasteiger partial charge >= 0.3 is 5.97 Å². The van der Waals surface area contributed by atoms with Gasteiger partial charge in [-0.2, -0.15) is 0 Å². The minimum absolute atomic E-state index is 0.0341. The number of amides is 2. The molecule has 0 fully saturated rings. The number of esters is 1. The first-order chi connectivity index (χ1) is 9.06. The van der Waals surface area contributed by atoms with Crippen LogP contribution in [0.4, 0.5) is 0 Å². The molecular weight excluding hydrogens is 288 g/mol. The Morgan fingerprint density at radius 3 is 2.37 bits per heavy atom. The minimum atomic E-state index is -0.379. The number of nitrogens with one attached hydrogen (secondary N) is 2. The Bertz CT molecular complexity index is 300. The van der Waals surface area contributed by atoms with Crippen molar-refractivity contribution in [2.45, 2.75) is 19.8 Å². The molecule has 0 bridgehead atoms. The highest BCUT2D eigenvalue weighted by Crippen LogP contribution is 2.20. The number of carbonyl (C=O) groups is 3. The molecule has 6 nitrogen and oxygen atoms in total. The van der Waals surface area contributed by atoms with E-state index in [0.717, 1.165) is 11.5 Å². The van der Waals surface area contributed by atoms with E-state index < -0.39 is 0 Å². The molecule has 8 heteroatoms. The highest BCUT2D eigenvalue weighted by molar-refractivity contribution is 8.76. The van der Waals surface area contributed by atoms with E-state index in [2.05, 4.69) is 15.4 Å². The molecule has 2 amide bonds. The van der Waals surface area contributed by atoms with Gasteiger partial charge in [-0.3, -0.25) is 14.4 Å². The third kappa shape index (κ3) is 13.3. The largest absolute Gasteiger partial charge is 0.465 e. The van der Waals surface area contributed by atoms with E-state index in [1.54, 1.807) is 28.6 Å². The normalized spacial score (nSPS) is 9.79. The van der Waals surface area contributed by atoms with Crippen LogP contribution in [0.15, 0.2) is 0 Å². The Kier molecular flexibility index (Phi) is 11.6. The molecule has 2 N–H and O–H groups in total. The van der Waals surface area contributed by atoms with Gasteiger partial charge < -0.3 is 15.4 Å². The summed E-state index contributed by atoms with van der Waals surface area (Å²) in [7, 11) is 4.84. The van der Waals surface area contributed by atoms with Gasteiger partial charge in [0.2, 0.25) is 11.8 Å². The summed E-state index contributed by atoms with van der Waals surface area (Å²) in [5, 5.41) is 5.28. The predicted molar refractivity (Wildman–Crippen MR) is 77.9 cm³/mol. The van der Waals surface area contributed by atoms with Crippen molar-refractivity contribution in [2.24, 2.45) is 0 Å². The maximum Gasteiger partial charge on any atom is 0.302 e. The lowest BCUT2D eigenvalue weighted by Crippen LogP contribution is -2.26. The molecule has 0 aliphatic rings. The molecule has 0 aliphatic heterocycles. The van der Waals surface area contributed by atoms with Crippen LogP contribution in [0.1, 0.15) is 19.8 Å². The molecule has 0 aliphatic carbocycles. The van der Waals surface area contributed by atoms with E-state index in [-0.39, 0.29) is 30.8 Å². The number of carbonyl (C=O) groups excluding carboxylic acids is 3. The molecule has 0 aromatic rings. The maximum atomic E-state index is 11.3. The third-order valence-electron chi connectivity index (χ3n) is 1.92. The molecule has 0 spiro atoms. The third-order valence-corrected chi connectivity index (χ3v) is 4.32. The van der Waals surface area contributed by atoms with Crippen LogP contribution in [0.3, 0.4) is 0 Å². The predicted octanol–water partition coefficient (Wildman–Crippen LogP) is 0.573. The monoisotopic (exact) mass is 308 g/mol. The van der Waals surface area contributed by atoms with Crippen LogP contribution in [0.25, 0.3) is 0 Å². The Balaban J connectivity index is 3.27. The summed E-state index contributed by atoms with van der Waals surface area (Å²) in [4.78, 5) is 32.6. The first-order valence-corrected chi connectivity index (χ1v) is 8.40. The second kappa shape index (κ2) is 12.2. The van der Waals surface area contributed by atoms with Crippen molar-refractivity contribution in [1.29, 1.82) is 0 Å². The SMILES string of the molecule is CNC(=O)CCSSCCNC(=O)CCOC(C)=O. The Morgan fingerprint density at radius 2 is 1.74 bits per heavy atom. The van der Waals surface area contributed by atoms with Crippen LogP contribution >= 0.6 is 21.6 Å². The van der Waals surface area contributed by atoms with E-state index in [1.807, 2.05) is 0 Å². The molecule has 0 atom stereocenters. The first-order valence-electron chi connectivity index (χ1n) is 5.91. The van der Waals surface area contributed by atoms with Crippen molar-refractivity contribution in [2.75, 3.05) is 31.7 Å². The average molecular weight is 308 g/mol. The molecular formula is C11H20N2O4S2. The second-order valence-corrected chi connectivity index (χ2v) is 6.21. The summed E-state index contributed by atoms with van der Waals surface area (Å²) in [6.45, 7) is 2.00.